The van der Waals surface area contributed by atoms with Crippen LogP contribution in [-0.4, -0.2) is 17.7 Å². The summed E-state index contributed by atoms with van der Waals surface area (Å²) in [5, 5.41) is 8.23. The van der Waals surface area contributed by atoms with Crippen LogP contribution in [-0.2, 0) is 0 Å². The highest BCUT2D eigenvalue weighted by Gasteiger charge is 2.04. The van der Waals surface area contributed by atoms with Gasteiger partial charge in [-0.3, -0.25) is 5.32 Å². The van der Waals surface area contributed by atoms with E-state index in [0.29, 0.717) is 15.9 Å². The number of carbonyl (C=O) groups excluding carboxylic acids is 1. The Morgan fingerprint density at radius 2 is 2.16 bits per heavy atom. The molecule has 7 heteroatoms. The molecule has 2 rings (SSSR count). The minimum absolute atomic E-state index is 0.0673. The Hall–Kier alpha value is -1.79. The van der Waals surface area contributed by atoms with Crippen molar-refractivity contribution in [2.45, 2.75) is 6.92 Å². The van der Waals surface area contributed by atoms with Crippen molar-refractivity contribution in [3.8, 4) is 5.75 Å². The zero-order valence-electron chi connectivity index (χ0n) is 10.1. The van der Waals surface area contributed by atoms with Crippen molar-refractivity contribution in [3.05, 3.63) is 40.4 Å². The standard InChI is InChI=1S/C12H12ClN3O2S/c1-8-6-19-12(15-8)16-11(17)14-7-18-10-4-2-9(13)3-5-10/h2-6H,7H2,1H3,(H2,14,15,16,17). The van der Waals surface area contributed by atoms with E-state index < -0.39 is 0 Å². The number of amides is 2. The van der Waals surface area contributed by atoms with Gasteiger partial charge in [0.05, 0.1) is 5.69 Å². The van der Waals surface area contributed by atoms with Crippen molar-refractivity contribution < 1.29 is 9.53 Å². The topological polar surface area (TPSA) is 63.2 Å². The highest BCUT2D eigenvalue weighted by Crippen LogP contribution is 2.15. The third kappa shape index (κ3) is 4.42. The number of hydrogen-bond acceptors (Lipinski definition) is 4. The summed E-state index contributed by atoms with van der Waals surface area (Å²) in [6, 6.07) is 6.53. The molecule has 0 aliphatic carbocycles. The monoisotopic (exact) mass is 297 g/mol. The number of halogens is 1. The number of nitrogens with one attached hydrogen (secondary N) is 2. The number of benzene rings is 1. The van der Waals surface area contributed by atoms with Crippen LogP contribution in [0.25, 0.3) is 0 Å². The summed E-state index contributed by atoms with van der Waals surface area (Å²) in [6.07, 6.45) is 0. The van der Waals surface area contributed by atoms with Crippen LogP contribution in [0, 0.1) is 6.92 Å². The minimum atomic E-state index is -0.358. The van der Waals surface area contributed by atoms with Gasteiger partial charge < -0.3 is 10.1 Å². The fraction of sp³-hybridized carbons (Fsp3) is 0.167. The first kappa shape index (κ1) is 13.6. The van der Waals surface area contributed by atoms with Crippen molar-refractivity contribution in [1.82, 2.24) is 10.3 Å². The van der Waals surface area contributed by atoms with Gasteiger partial charge in [0.25, 0.3) is 0 Å². The Morgan fingerprint density at radius 1 is 1.42 bits per heavy atom. The molecule has 19 heavy (non-hydrogen) atoms. The maximum Gasteiger partial charge on any atom is 0.323 e. The lowest BCUT2D eigenvalue weighted by molar-refractivity contribution is 0.234. The molecule has 1 heterocycles. The number of hydrogen-bond donors (Lipinski definition) is 2. The molecular weight excluding hydrogens is 286 g/mol. The molecular formula is C12H12ClN3O2S. The molecule has 0 aliphatic heterocycles. The zero-order chi connectivity index (χ0) is 13.7. The molecule has 0 saturated heterocycles. The number of aromatic nitrogens is 1. The second-order valence-electron chi connectivity index (χ2n) is 3.67. The van der Waals surface area contributed by atoms with Gasteiger partial charge in [-0.2, -0.15) is 0 Å². The molecule has 0 radical (unpaired) electrons. The van der Waals surface area contributed by atoms with Crippen LogP contribution in [0.15, 0.2) is 29.6 Å². The first-order valence-corrected chi connectivity index (χ1v) is 6.74. The SMILES string of the molecule is Cc1csc(NC(=O)NCOc2ccc(Cl)cc2)n1. The van der Waals surface area contributed by atoms with E-state index in [0.717, 1.165) is 5.69 Å². The Kier molecular flexibility index (Phi) is 4.59. The van der Waals surface area contributed by atoms with Crippen LogP contribution in [0.5, 0.6) is 5.75 Å². The maximum atomic E-state index is 11.5. The minimum Gasteiger partial charge on any atom is -0.473 e. The van der Waals surface area contributed by atoms with Crippen LogP contribution < -0.4 is 15.4 Å². The maximum absolute atomic E-state index is 11.5. The first-order valence-electron chi connectivity index (χ1n) is 5.49. The Labute approximate surface area is 119 Å². The quantitative estimate of drug-likeness (QED) is 0.851. The normalized spacial score (nSPS) is 10.0. The Morgan fingerprint density at radius 3 is 2.79 bits per heavy atom. The van der Waals surface area contributed by atoms with Crippen molar-refractivity contribution in [2.75, 3.05) is 12.0 Å². The van der Waals surface area contributed by atoms with E-state index in [-0.39, 0.29) is 12.8 Å². The molecule has 1 aromatic heterocycles. The highest BCUT2D eigenvalue weighted by atomic mass is 35.5. The second-order valence-corrected chi connectivity index (χ2v) is 4.96. The summed E-state index contributed by atoms with van der Waals surface area (Å²) >= 11 is 7.12. The third-order valence-electron chi connectivity index (χ3n) is 2.12. The molecule has 0 unspecified atom stereocenters. The largest absolute Gasteiger partial charge is 0.473 e. The number of thiazole rings is 1. The van der Waals surface area contributed by atoms with Crippen molar-refractivity contribution in [2.24, 2.45) is 0 Å². The van der Waals surface area contributed by atoms with Gasteiger partial charge in [0.2, 0.25) is 0 Å². The van der Waals surface area contributed by atoms with Crippen LogP contribution in [0.4, 0.5) is 9.93 Å². The van der Waals surface area contributed by atoms with Crippen molar-refractivity contribution in [3.63, 3.8) is 0 Å². The average Bonchev–Trinajstić information content (AvgIpc) is 2.77. The molecule has 0 spiro atoms. The summed E-state index contributed by atoms with van der Waals surface area (Å²) in [4.78, 5) is 15.6. The van der Waals surface area contributed by atoms with Crippen LogP contribution in [0.2, 0.25) is 5.02 Å². The van der Waals surface area contributed by atoms with Gasteiger partial charge in [-0.05, 0) is 31.2 Å². The van der Waals surface area contributed by atoms with Gasteiger partial charge in [-0.1, -0.05) is 11.6 Å². The van der Waals surface area contributed by atoms with E-state index in [1.54, 1.807) is 24.3 Å². The first-order chi connectivity index (χ1) is 9.13. The number of urea groups is 1. The number of carbonyl (C=O) groups is 1. The molecule has 0 aliphatic rings. The van der Waals surface area contributed by atoms with Gasteiger partial charge in [-0.15, -0.1) is 11.3 Å². The molecule has 100 valence electrons. The fourth-order valence-corrected chi connectivity index (χ4v) is 2.08. The van der Waals surface area contributed by atoms with E-state index in [4.69, 9.17) is 16.3 Å². The van der Waals surface area contributed by atoms with Gasteiger partial charge in [0.15, 0.2) is 11.9 Å². The third-order valence-corrected chi connectivity index (χ3v) is 3.25. The summed E-state index contributed by atoms with van der Waals surface area (Å²) in [5.74, 6) is 0.634. The smallest absolute Gasteiger partial charge is 0.323 e. The van der Waals surface area contributed by atoms with Crippen molar-refractivity contribution in [1.29, 1.82) is 0 Å². The van der Waals surface area contributed by atoms with Crippen molar-refractivity contribution >= 4 is 34.1 Å². The molecule has 5 nitrogen and oxygen atoms in total. The molecule has 0 bridgehead atoms. The molecule has 0 fully saturated rings. The Bertz CT molecular complexity index is 556. The zero-order valence-corrected chi connectivity index (χ0v) is 11.7. The summed E-state index contributed by atoms with van der Waals surface area (Å²) in [6.45, 7) is 1.93. The number of nitrogens with zero attached hydrogens (tertiary/aromatic N) is 1. The van der Waals surface area contributed by atoms with Gasteiger partial charge >= 0.3 is 6.03 Å². The van der Waals surface area contributed by atoms with E-state index in [2.05, 4.69) is 15.6 Å². The average molecular weight is 298 g/mol. The number of aryl methyl sites for hydroxylation is 1. The lowest BCUT2D eigenvalue weighted by Crippen LogP contribution is -2.31. The molecule has 0 saturated carbocycles. The van der Waals surface area contributed by atoms with E-state index in [1.807, 2.05) is 12.3 Å². The second kappa shape index (κ2) is 6.40. The molecule has 0 atom stereocenters. The number of rotatable bonds is 4. The molecule has 1 aromatic carbocycles. The van der Waals surface area contributed by atoms with Gasteiger partial charge in [0, 0.05) is 10.4 Å². The summed E-state index contributed by atoms with van der Waals surface area (Å²) in [7, 11) is 0. The Balaban J connectivity index is 1.73. The highest BCUT2D eigenvalue weighted by molar-refractivity contribution is 7.13. The van der Waals surface area contributed by atoms with Gasteiger partial charge in [-0.25, -0.2) is 9.78 Å². The fourth-order valence-electron chi connectivity index (χ4n) is 1.27. The molecule has 2 aromatic rings. The number of ether oxygens (including phenoxy) is 1. The summed E-state index contributed by atoms with van der Waals surface area (Å²) < 4.78 is 5.33. The lowest BCUT2D eigenvalue weighted by Gasteiger charge is -2.07. The predicted octanol–water partition coefficient (Wildman–Crippen LogP) is 3.26. The predicted molar refractivity (Wildman–Crippen MR) is 76.0 cm³/mol. The van der Waals surface area contributed by atoms with E-state index >= 15 is 0 Å². The van der Waals surface area contributed by atoms with Crippen LogP contribution in [0.3, 0.4) is 0 Å². The van der Waals surface area contributed by atoms with E-state index in [1.165, 1.54) is 11.3 Å². The summed E-state index contributed by atoms with van der Waals surface area (Å²) in [5.41, 5.74) is 0.873. The number of anilines is 1. The molecule has 2 amide bonds. The van der Waals surface area contributed by atoms with Crippen LogP contribution in [0.1, 0.15) is 5.69 Å². The van der Waals surface area contributed by atoms with Gasteiger partial charge in [0.1, 0.15) is 5.75 Å². The van der Waals surface area contributed by atoms with E-state index in [9.17, 15) is 4.79 Å². The lowest BCUT2D eigenvalue weighted by atomic mass is 10.3. The van der Waals surface area contributed by atoms with Crippen LogP contribution >= 0.6 is 22.9 Å². The molecule has 2 N–H and O–H groups in total.